The number of sulfone groups is 1. The molecule has 102 valence electrons. The fourth-order valence-electron chi connectivity index (χ4n) is 1.71. The van der Waals surface area contributed by atoms with Crippen molar-refractivity contribution in [2.24, 2.45) is 0 Å². The molecule has 6 heteroatoms. The van der Waals surface area contributed by atoms with E-state index in [9.17, 15) is 8.42 Å². The third-order valence-electron chi connectivity index (χ3n) is 2.57. The molecule has 0 heterocycles. The summed E-state index contributed by atoms with van der Waals surface area (Å²) in [4.78, 5) is 0.216. The highest BCUT2D eigenvalue weighted by Gasteiger charge is 2.17. The Kier molecular flexibility index (Phi) is 4.98. The zero-order valence-electron chi connectivity index (χ0n) is 10.8. The van der Waals surface area contributed by atoms with Crippen molar-refractivity contribution < 1.29 is 23.0 Å². The van der Waals surface area contributed by atoms with E-state index >= 15 is 0 Å². The van der Waals surface area contributed by atoms with Gasteiger partial charge in [-0.15, -0.1) is 0 Å². The lowest BCUT2D eigenvalue weighted by atomic mass is 10.1. The third-order valence-corrected chi connectivity index (χ3v) is 3.75. The average Bonchev–Trinajstić information content (AvgIpc) is 2.33. The molecule has 1 N–H and O–H groups in total. The maximum atomic E-state index is 11.7. The first-order valence-electron chi connectivity index (χ1n) is 5.49. The molecular weight excluding hydrogens is 256 g/mol. The van der Waals surface area contributed by atoms with Crippen LogP contribution < -0.4 is 9.47 Å². The summed E-state index contributed by atoms with van der Waals surface area (Å²) in [6.45, 7) is 0.0115. The SMILES string of the molecule is COc1cc(CCCO)c(S(C)(=O)=O)cc1OC. The van der Waals surface area contributed by atoms with E-state index in [2.05, 4.69) is 0 Å². The Hall–Kier alpha value is -1.27. The molecule has 0 aliphatic carbocycles. The lowest BCUT2D eigenvalue weighted by Crippen LogP contribution is -2.05. The van der Waals surface area contributed by atoms with Crippen LogP contribution in [0.3, 0.4) is 0 Å². The molecule has 0 aromatic heterocycles. The molecule has 0 aliphatic rings. The Labute approximate surface area is 107 Å². The third kappa shape index (κ3) is 3.36. The highest BCUT2D eigenvalue weighted by Crippen LogP contribution is 2.33. The first-order valence-corrected chi connectivity index (χ1v) is 7.39. The Morgan fingerprint density at radius 1 is 1.17 bits per heavy atom. The predicted molar refractivity (Wildman–Crippen MR) is 68.1 cm³/mol. The monoisotopic (exact) mass is 274 g/mol. The van der Waals surface area contributed by atoms with Crippen LogP contribution in [0.5, 0.6) is 11.5 Å². The number of methoxy groups -OCH3 is 2. The minimum absolute atomic E-state index is 0.0115. The number of aryl methyl sites for hydroxylation is 1. The van der Waals surface area contributed by atoms with Crippen molar-refractivity contribution >= 4 is 9.84 Å². The Morgan fingerprint density at radius 2 is 1.72 bits per heavy atom. The first-order chi connectivity index (χ1) is 8.43. The van der Waals surface area contributed by atoms with E-state index < -0.39 is 9.84 Å². The average molecular weight is 274 g/mol. The van der Waals surface area contributed by atoms with Gasteiger partial charge in [0, 0.05) is 18.9 Å². The predicted octanol–water partition coefficient (Wildman–Crippen LogP) is 1.03. The van der Waals surface area contributed by atoms with Gasteiger partial charge < -0.3 is 14.6 Å². The van der Waals surface area contributed by atoms with E-state index in [0.29, 0.717) is 29.9 Å². The van der Waals surface area contributed by atoms with E-state index in [4.69, 9.17) is 14.6 Å². The van der Waals surface area contributed by atoms with E-state index in [1.54, 1.807) is 6.07 Å². The van der Waals surface area contributed by atoms with Gasteiger partial charge in [0.05, 0.1) is 19.1 Å². The van der Waals surface area contributed by atoms with E-state index in [-0.39, 0.29) is 11.5 Å². The van der Waals surface area contributed by atoms with Gasteiger partial charge in [0.1, 0.15) is 0 Å². The van der Waals surface area contributed by atoms with Crippen molar-refractivity contribution in [2.45, 2.75) is 17.7 Å². The second kappa shape index (κ2) is 6.06. The molecule has 0 amide bonds. The highest BCUT2D eigenvalue weighted by molar-refractivity contribution is 7.90. The summed E-state index contributed by atoms with van der Waals surface area (Å²) < 4.78 is 33.7. The van der Waals surface area contributed by atoms with E-state index in [1.165, 1.54) is 20.3 Å². The van der Waals surface area contributed by atoms with Gasteiger partial charge >= 0.3 is 0 Å². The van der Waals surface area contributed by atoms with Crippen LogP contribution in [0, 0.1) is 0 Å². The van der Waals surface area contributed by atoms with Crippen LogP contribution in [-0.2, 0) is 16.3 Å². The normalized spacial score (nSPS) is 11.3. The molecule has 0 saturated heterocycles. The molecule has 1 aromatic carbocycles. The van der Waals surface area contributed by atoms with Gasteiger partial charge in [0.15, 0.2) is 21.3 Å². The molecule has 0 spiro atoms. The molecule has 5 nitrogen and oxygen atoms in total. The summed E-state index contributed by atoms with van der Waals surface area (Å²) in [7, 11) is -0.389. The van der Waals surface area contributed by atoms with Gasteiger partial charge in [-0.3, -0.25) is 0 Å². The number of hydrogen-bond acceptors (Lipinski definition) is 5. The van der Waals surface area contributed by atoms with Crippen molar-refractivity contribution in [1.82, 2.24) is 0 Å². The topological polar surface area (TPSA) is 72.8 Å². The van der Waals surface area contributed by atoms with Crippen LogP contribution in [0.4, 0.5) is 0 Å². The smallest absolute Gasteiger partial charge is 0.175 e. The molecule has 18 heavy (non-hydrogen) atoms. The molecular formula is C12H18O5S. The molecule has 0 aliphatic heterocycles. The van der Waals surface area contributed by atoms with Gasteiger partial charge in [-0.1, -0.05) is 0 Å². The standard InChI is InChI=1S/C12H18O5S/c1-16-10-7-9(5-4-6-13)12(18(3,14)15)8-11(10)17-2/h7-8,13H,4-6H2,1-3H3. The maximum Gasteiger partial charge on any atom is 0.175 e. The first kappa shape index (κ1) is 14.8. The van der Waals surface area contributed by atoms with Crippen molar-refractivity contribution in [2.75, 3.05) is 27.1 Å². The number of hydrogen-bond donors (Lipinski definition) is 1. The summed E-state index contributed by atoms with van der Waals surface area (Å²) in [6, 6.07) is 3.10. The molecule has 1 aromatic rings. The molecule has 1 rings (SSSR count). The number of benzene rings is 1. The number of ether oxygens (including phenoxy) is 2. The van der Waals surface area contributed by atoms with Crippen LogP contribution >= 0.6 is 0 Å². The minimum Gasteiger partial charge on any atom is -0.493 e. The maximum absolute atomic E-state index is 11.7. The number of aliphatic hydroxyl groups is 1. The van der Waals surface area contributed by atoms with Gasteiger partial charge in [-0.05, 0) is 24.5 Å². The van der Waals surface area contributed by atoms with Crippen LogP contribution in [0.2, 0.25) is 0 Å². The second-order valence-electron chi connectivity index (χ2n) is 3.91. The molecule has 0 radical (unpaired) electrons. The molecule has 0 unspecified atom stereocenters. The minimum atomic E-state index is -3.34. The Balaban J connectivity index is 3.36. The van der Waals surface area contributed by atoms with Crippen molar-refractivity contribution in [3.8, 4) is 11.5 Å². The van der Waals surface area contributed by atoms with Crippen LogP contribution in [0.1, 0.15) is 12.0 Å². The van der Waals surface area contributed by atoms with E-state index in [0.717, 1.165) is 6.26 Å². The highest BCUT2D eigenvalue weighted by atomic mass is 32.2. The Bertz CT molecular complexity index is 507. The molecule has 0 atom stereocenters. The van der Waals surface area contributed by atoms with Crippen molar-refractivity contribution in [3.63, 3.8) is 0 Å². The van der Waals surface area contributed by atoms with E-state index in [1.807, 2.05) is 0 Å². The summed E-state index contributed by atoms with van der Waals surface area (Å²) in [5, 5.41) is 8.84. The summed E-state index contributed by atoms with van der Waals surface area (Å²) in [5.41, 5.74) is 0.629. The molecule has 0 saturated carbocycles. The zero-order chi connectivity index (χ0) is 13.8. The second-order valence-corrected chi connectivity index (χ2v) is 5.90. The Morgan fingerprint density at radius 3 is 2.17 bits per heavy atom. The lowest BCUT2D eigenvalue weighted by Gasteiger charge is -2.13. The lowest BCUT2D eigenvalue weighted by molar-refractivity contribution is 0.288. The van der Waals surface area contributed by atoms with Crippen LogP contribution in [-0.4, -0.2) is 40.6 Å². The van der Waals surface area contributed by atoms with Crippen LogP contribution in [0.25, 0.3) is 0 Å². The summed E-state index contributed by atoms with van der Waals surface area (Å²) in [6.07, 6.45) is 2.12. The molecule has 0 fully saturated rings. The number of rotatable bonds is 6. The van der Waals surface area contributed by atoms with Crippen molar-refractivity contribution in [1.29, 1.82) is 0 Å². The zero-order valence-corrected chi connectivity index (χ0v) is 11.6. The fourth-order valence-corrected chi connectivity index (χ4v) is 2.67. The van der Waals surface area contributed by atoms with Gasteiger partial charge in [-0.25, -0.2) is 8.42 Å². The quantitative estimate of drug-likeness (QED) is 0.839. The van der Waals surface area contributed by atoms with Gasteiger partial charge in [0.2, 0.25) is 0 Å². The summed E-state index contributed by atoms with van der Waals surface area (Å²) >= 11 is 0. The molecule has 0 bridgehead atoms. The summed E-state index contributed by atoms with van der Waals surface area (Å²) in [5.74, 6) is 0.864. The number of aliphatic hydroxyl groups excluding tert-OH is 1. The largest absolute Gasteiger partial charge is 0.493 e. The van der Waals surface area contributed by atoms with Crippen molar-refractivity contribution in [3.05, 3.63) is 17.7 Å². The van der Waals surface area contributed by atoms with Gasteiger partial charge in [0.25, 0.3) is 0 Å². The fraction of sp³-hybridized carbons (Fsp3) is 0.500. The van der Waals surface area contributed by atoms with Crippen LogP contribution in [0.15, 0.2) is 17.0 Å². The van der Waals surface area contributed by atoms with Gasteiger partial charge in [-0.2, -0.15) is 0 Å².